The molecule has 0 atom stereocenters. The number of β-amino-alcohol motifs (C(OH)–C–C–N with tert-alkyl or cyclic N) is 1. The van der Waals surface area contributed by atoms with Crippen molar-refractivity contribution in [2.75, 3.05) is 37.9 Å². The third kappa shape index (κ3) is 3.24. The molecule has 3 rings (SSSR count). The Morgan fingerprint density at radius 2 is 2.19 bits per heavy atom. The van der Waals surface area contributed by atoms with Gasteiger partial charge in [-0.3, -0.25) is 4.79 Å². The molecule has 0 unspecified atom stereocenters. The maximum Gasteiger partial charge on any atom is 0.337 e. The standard InChI is InChI=1S/C17H19N5O4/c1-26-17(25)12-10-21(6-7-23)16(24)15(12)20-11-8-19-22(9-11)14-5-3-2-4-13(14)18/h2-5,8-9,20,23H,6-7,10,18H2,1H3. The van der Waals surface area contributed by atoms with E-state index in [1.54, 1.807) is 16.9 Å². The molecule has 0 saturated carbocycles. The van der Waals surface area contributed by atoms with Crippen LogP contribution in [-0.4, -0.2) is 58.5 Å². The molecule has 1 aliphatic heterocycles. The number of esters is 1. The van der Waals surface area contributed by atoms with Crippen LogP contribution < -0.4 is 11.1 Å². The first-order valence-electron chi connectivity index (χ1n) is 7.93. The smallest absolute Gasteiger partial charge is 0.337 e. The van der Waals surface area contributed by atoms with Gasteiger partial charge in [-0.15, -0.1) is 0 Å². The van der Waals surface area contributed by atoms with Gasteiger partial charge in [0.05, 0.1) is 55.3 Å². The van der Waals surface area contributed by atoms with Crippen LogP contribution in [0.5, 0.6) is 0 Å². The highest BCUT2D eigenvalue weighted by atomic mass is 16.5. The van der Waals surface area contributed by atoms with Crippen molar-refractivity contribution in [3.8, 4) is 5.69 Å². The van der Waals surface area contributed by atoms with Crippen LogP contribution in [0, 0.1) is 0 Å². The number of para-hydroxylation sites is 2. The number of aliphatic hydroxyl groups is 1. The number of amides is 1. The van der Waals surface area contributed by atoms with E-state index in [2.05, 4.69) is 10.4 Å². The topological polar surface area (TPSA) is 123 Å². The lowest BCUT2D eigenvalue weighted by Gasteiger charge is -2.14. The number of benzene rings is 1. The highest BCUT2D eigenvalue weighted by Crippen LogP contribution is 2.24. The largest absolute Gasteiger partial charge is 0.466 e. The lowest BCUT2D eigenvalue weighted by molar-refractivity contribution is -0.136. The summed E-state index contributed by atoms with van der Waals surface area (Å²) < 4.78 is 6.32. The summed E-state index contributed by atoms with van der Waals surface area (Å²) in [6.45, 7) is 0.0111. The van der Waals surface area contributed by atoms with Crippen LogP contribution in [0.25, 0.3) is 5.69 Å². The van der Waals surface area contributed by atoms with Crippen molar-refractivity contribution in [1.82, 2.24) is 14.7 Å². The van der Waals surface area contributed by atoms with E-state index in [1.165, 1.54) is 18.2 Å². The zero-order valence-corrected chi connectivity index (χ0v) is 14.2. The molecule has 4 N–H and O–H groups in total. The average Bonchev–Trinajstić information content (AvgIpc) is 3.22. The normalized spacial score (nSPS) is 14.1. The summed E-state index contributed by atoms with van der Waals surface area (Å²) in [6, 6.07) is 7.23. The highest BCUT2D eigenvalue weighted by molar-refractivity contribution is 6.08. The molecule has 0 bridgehead atoms. The second kappa shape index (κ2) is 7.28. The Labute approximate surface area is 149 Å². The number of nitrogen functional groups attached to an aromatic ring is 1. The summed E-state index contributed by atoms with van der Waals surface area (Å²) in [5.74, 6) is -0.979. The number of ether oxygens (including phenoxy) is 1. The number of hydrogen-bond acceptors (Lipinski definition) is 7. The molecule has 1 aromatic carbocycles. The van der Waals surface area contributed by atoms with E-state index in [0.29, 0.717) is 17.1 Å². The number of carbonyl (C=O) groups is 2. The molecular weight excluding hydrogens is 338 g/mol. The Kier molecular flexibility index (Phi) is 4.90. The predicted molar refractivity (Wildman–Crippen MR) is 94.3 cm³/mol. The number of aromatic nitrogens is 2. The first-order chi connectivity index (χ1) is 12.5. The summed E-state index contributed by atoms with van der Waals surface area (Å²) in [6.07, 6.45) is 3.19. The minimum atomic E-state index is -0.596. The Morgan fingerprint density at radius 3 is 2.88 bits per heavy atom. The van der Waals surface area contributed by atoms with E-state index >= 15 is 0 Å². The van der Waals surface area contributed by atoms with Gasteiger partial charge in [-0.1, -0.05) is 12.1 Å². The number of rotatable bonds is 6. The number of methoxy groups -OCH3 is 1. The van der Waals surface area contributed by atoms with Gasteiger partial charge >= 0.3 is 5.97 Å². The Hall–Kier alpha value is -3.33. The quantitative estimate of drug-likeness (QED) is 0.496. The third-order valence-corrected chi connectivity index (χ3v) is 3.99. The van der Waals surface area contributed by atoms with Crippen molar-refractivity contribution in [2.45, 2.75) is 0 Å². The Morgan fingerprint density at radius 1 is 1.42 bits per heavy atom. The minimum absolute atomic E-state index is 0.0776. The number of nitrogens with one attached hydrogen (secondary N) is 1. The molecule has 1 aromatic heterocycles. The molecule has 26 heavy (non-hydrogen) atoms. The molecule has 2 heterocycles. The minimum Gasteiger partial charge on any atom is -0.466 e. The highest BCUT2D eigenvalue weighted by Gasteiger charge is 2.34. The van der Waals surface area contributed by atoms with Gasteiger partial charge in [0, 0.05) is 6.54 Å². The zero-order chi connectivity index (χ0) is 18.7. The van der Waals surface area contributed by atoms with Crippen LogP contribution >= 0.6 is 0 Å². The van der Waals surface area contributed by atoms with Gasteiger partial charge in [0.15, 0.2) is 0 Å². The maximum atomic E-state index is 12.5. The molecule has 0 fully saturated rings. The second-order valence-electron chi connectivity index (χ2n) is 5.65. The number of hydrogen-bond donors (Lipinski definition) is 3. The molecule has 136 valence electrons. The number of carbonyl (C=O) groups excluding carboxylic acids is 2. The zero-order valence-electron chi connectivity index (χ0n) is 14.2. The number of aliphatic hydroxyl groups excluding tert-OH is 1. The van der Waals surface area contributed by atoms with Gasteiger partial charge in [0.2, 0.25) is 0 Å². The summed E-state index contributed by atoms with van der Waals surface area (Å²) in [5.41, 5.74) is 8.04. The van der Waals surface area contributed by atoms with Crippen molar-refractivity contribution < 1.29 is 19.4 Å². The molecule has 2 aromatic rings. The fourth-order valence-electron chi connectivity index (χ4n) is 2.71. The second-order valence-corrected chi connectivity index (χ2v) is 5.65. The Bertz CT molecular complexity index is 874. The number of nitrogens with zero attached hydrogens (tertiary/aromatic N) is 3. The van der Waals surface area contributed by atoms with Crippen LogP contribution in [0.3, 0.4) is 0 Å². The molecule has 0 saturated heterocycles. The van der Waals surface area contributed by atoms with Gasteiger partial charge in [-0.25, -0.2) is 9.48 Å². The molecule has 9 nitrogen and oxygen atoms in total. The van der Waals surface area contributed by atoms with Crippen molar-refractivity contribution in [3.05, 3.63) is 47.9 Å². The van der Waals surface area contributed by atoms with Crippen molar-refractivity contribution in [1.29, 1.82) is 0 Å². The van der Waals surface area contributed by atoms with Gasteiger partial charge in [0.1, 0.15) is 5.70 Å². The molecule has 0 spiro atoms. The van der Waals surface area contributed by atoms with Gasteiger partial charge in [-0.2, -0.15) is 5.10 Å². The molecule has 0 aliphatic carbocycles. The summed E-state index contributed by atoms with van der Waals surface area (Å²) in [5, 5.41) is 16.2. The number of anilines is 2. The fourth-order valence-corrected chi connectivity index (χ4v) is 2.71. The van der Waals surface area contributed by atoms with Crippen molar-refractivity contribution in [3.63, 3.8) is 0 Å². The Balaban J connectivity index is 1.88. The van der Waals surface area contributed by atoms with Crippen LogP contribution in [0.1, 0.15) is 0 Å². The summed E-state index contributed by atoms with van der Waals surface area (Å²) in [4.78, 5) is 25.9. The monoisotopic (exact) mass is 357 g/mol. The molecule has 9 heteroatoms. The lowest BCUT2D eigenvalue weighted by Crippen LogP contribution is -2.31. The van der Waals surface area contributed by atoms with E-state index < -0.39 is 5.97 Å². The van der Waals surface area contributed by atoms with Gasteiger partial charge in [0.25, 0.3) is 5.91 Å². The van der Waals surface area contributed by atoms with Crippen LogP contribution in [-0.2, 0) is 14.3 Å². The first kappa shape index (κ1) is 17.5. The number of nitrogens with two attached hydrogens (primary N) is 1. The molecular formula is C17H19N5O4. The SMILES string of the molecule is COC(=O)C1=C(Nc2cnn(-c3ccccc3N)c2)C(=O)N(CCO)C1. The van der Waals surface area contributed by atoms with Gasteiger partial charge in [-0.05, 0) is 12.1 Å². The third-order valence-electron chi connectivity index (χ3n) is 3.99. The van der Waals surface area contributed by atoms with Crippen molar-refractivity contribution >= 4 is 23.3 Å². The van der Waals surface area contributed by atoms with Crippen LogP contribution in [0.15, 0.2) is 47.9 Å². The fraction of sp³-hybridized carbons (Fsp3) is 0.235. The van der Waals surface area contributed by atoms with E-state index in [1.807, 2.05) is 18.2 Å². The average molecular weight is 357 g/mol. The summed E-state index contributed by atoms with van der Waals surface area (Å²) >= 11 is 0. The van der Waals surface area contributed by atoms with E-state index in [-0.39, 0.29) is 36.9 Å². The van der Waals surface area contributed by atoms with E-state index in [0.717, 1.165) is 0 Å². The predicted octanol–water partition coefficient (Wildman–Crippen LogP) is 0.128. The summed E-state index contributed by atoms with van der Waals surface area (Å²) in [7, 11) is 1.25. The molecule has 1 amide bonds. The van der Waals surface area contributed by atoms with Crippen LogP contribution in [0.2, 0.25) is 0 Å². The van der Waals surface area contributed by atoms with E-state index in [9.17, 15) is 9.59 Å². The lowest BCUT2D eigenvalue weighted by atomic mass is 10.2. The van der Waals surface area contributed by atoms with E-state index in [4.69, 9.17) is 15.6 Å². The van der Waals surface area contributed by atoms with Crippen LogP contribution in [0.4, 0.5) is 11.4 Å². The molecule has 1 aliphatic rings. The maximum absolute atomic E-state index is 12.5. The first-order valence-corrected chi connectivity index (χ1v) is 7.93. The van der Waals surface area contributed by atoms with Crippen molar-refractivity contribution in [2.24, 2.45) is 0 Å². The molecule has 0 radical (unpaired) electrons. The van der Waals surface area contributed by atoms with Gasteiger partial charge < -0.3 is 25.8 Å².